The Morgan fingerprint density at radius 1 is 1.25 bits per heavy atom. The van der Waals surface area contributed by atoms with E-state index in [0.29, 0.717) is 29.4 Å². The molecule has 1 heterocycles. The molecule has 132 valence electrons. The molecule has 5 unspecified atom stereocenters. The first kappa shape index (κ1) is 16.6. The van der Waals surface area contributed by atoms with Gasteiger partial charge in [-0.05, 0) is 44.1 Å². The highest BCUT2D eigenvalue weighted by atomic mass is 16.5. The fourth-order valence-corrected chi connectivity index (χ4v) is 5.75. The van der Waals surface area contributed by atoms with E-state index >= 15 is 0 Å². The normalized spacial score (nSPS) is 33.2. The zero-order chi connectivity index (χ0) is 16.6. The fourth-order valence-electron chi connectivity index (χ4n) is 5.75. The molecule has 5 atom stereocenters. The van der Waals surface area contributed by atoms with Crippen molar-refractivity contribution in [2.24, 2.45) is 11.3 Å². The van der Waals surface area contributed by atoms with Gasteiger partial charge < -0.3 is 15.2 Å². The van der Waals surface area contributed by atoms with Crippen molar-refractivity contribution >= 4 is 0 Å². The molecule has 2 aliphatic carbocycles. The number of ether oxygens (including phenoxy) is 1. The summed E-state index contributed by atoms with van der Waals surface area (Å²) in [5.74, 6) is 1.09. The summed E-state index contributed by atoms with van der Waals surface area (Å²) in [6.45, 7) is 3.81. The van der Waals surface area contributed by atoms with Gasteiger partial charge in [-0.3, -0.25) is 0 Å². The highest BCUT2D eigenvalue weighted by Crippen LogP contribution is 2.60. The molecule has 3 fully saturated rings. The van der Waals surface area contributed by atoms with Crippen LogP contribution in [-0.4, -0.2) is 36.5 Å². The van der Waals surface area contributed by atoms with Crippen LogP contribution in [0.25, 0.3) is 0 Å². The van der Waals surface area contributed by atoms with Gasteiger partial charge in [0.2, 0.25) is 0 Å². The third kappa shape index (κ3) is 2.81. The summed E-state index contributed by atoms with van der Waals surface area (Å²) in [5.41, 5.74) is 1.75. The first-order valence-electron chi connectivity index (χ1n) is 9.79. The van der Waals surface area contributed by atoms with E-state index in [0.717, 1.165) is 19.6 Å². The number of nitrogens with one attached hydrogen (secondary N) is 1. The molecule has 0 aromatic heterocycles. The molecule has 4 rings (SSSR count). The lowest BCUT2D eigenvalue weighted by Crippen LogP contribution is -2.67. The molecule has 3 aliphatic rings. The molecule has 1 spiro atoms. The lowest BCUT2D eigenvalue weighted by atomic mass is 9.54. The Balaban J connectivity index is 1.45. The van der Waals surface area contributed by atoms with Gasteiger partial charge in [0.05, 0.1) is 12.2 Å². The Hall–Kier alpha value is -0.900. The van der Waals surface area contributed by atoms with Crippen LogP contribution in [0.2, 0.25) is 0 Å². The molecule has 24 heavy (non-hydrogen) atoms. The maximum atomic E-state index is 9.93. The number of benzene rings is 1. The van der Waals surface area contributed by atoms with E-state index in [2.05, 4.69) is 35.6 Å². The Morgan fingerprint density at radius 2 is 2.00 bits per heavy atom. The molecule has 3 heteroatoms. The summed E-state index contributed by atoms with van der Waals surface area (Å²) >= 11 is 0. The van der Waals surface area contributed by atoms with Crippen molar-refractivity contribution in [1.82, 2.24) is 5.32 Å². The average Bonchev–Trinajstić information content (AvgIpc) is 3.23. The van der Waals surface area contributed by atoms with Gasteiger partial charge in [-0.1, -0.05) is 43.2 Å². The molecular formula is C21H31NO2. The summed E-state index contributed by atoms with van der Waals surface area (Å²) in [6.07, 6.45) is 7.68. The quantitative estimate of drug-likeness (QED) is 0.839. The second kappa shape index (κ2) is 6.78. The van der Waals surface area contributed by atoms with Gasteiger partial charge >= 0.3 is 0 Å². The highest BCUT2D eigenvalue weighted by molar-refractivity contribution is 5.21. The minimum absolute atomic E-state index is 0.263. The summed E-state index contributed by atoms with van der Waals surface area (Å²) < 4.78 is 6.10. The third-order valence-electron chi connectivity index (χ3n) is 6.77. The largest absolute Gasteiger partial charge is 0.393 e. The topological polar surface area (TPSA) is 41.5 Å². The maximum absolute atomic E-state index is 9.93. The standard InChI is InChI=1S/C21H31NO2/c1-15(23)13-17(16-7-3-2-4-8-16)14-22-19-18-9-12-24-20(18)21(19)10-5-6-11-21/h2-4,7-8,15,17-20,22-23H,5-6,9-14H2,1H3. The zero-order valence-corrected chi connectivity index (χ0v) is 14.8. The number of aliphatic hydroxyl groups is 1. The van der Waals surface area contributed by atoms with Crippen LogP contribution in [0.4, 0.5) is 0 Å². The summed E-state index contributed by atoms with van der Waals surface area (Å²) in [6, 6.07) is 11.3. The summed E-state index contributed by atoms with van der Waals surface area (Å²) in [4.78, 5) is 0. The van der Waals surface area contributed by atoms with Crippen molar-refractivity contribution in [3.8, 4) is 0 Å². The number of rotatable bonds is 6. The van der Waals surface area contributed by atoms with Crippen molar-refractivity contribution in [1.29, 1.82) is 0 Å². The minimum atomic E-state index is -0.263. The van der Waals surface area contributed by atoms with Gasteiger partial charge in [-0.15, -0.1) is 0 Å². The van der Waals surface area contributed by atoms with E-state index in [9.17, 15) is 5.11 Å². The van der Waals surface area contributed by atoms with Crippen LogP contribution in [0.1, 0.15) is 56.9 Å². The molecule has 2 saturated carbocycles. The highest BCUT2D eigenvalue weighted by Gasteiger charge is 2.64. The number of hydrogen-bond acceptors (Lipinski definition) is 3. The maximum Gasteiger partial charge on any atom is 0.0690 e. The first-order valence-corrected chi connectivity index (χ1v) is 9.79. The van der Waals surface area contributed by atoms with Crippen molar-refractivity contribution in [3.05, 3.63) is 35.9 Å². The van der Waals surface area contributed by atoms with Gasteiger partial charge in [0, 0.05) is 30.5 Å². The minimum Gasteiger partial charge on any atom is -0.393 e. The van der Waals surface area contributed by atoms with E-state index < -0.39 is 0 Å². The van der Waals surface area contributed by atoms with Crippen LogP contribution in [-0.2, 0) is 4.74 Å². The zero-order valence-electron chi connectivity index (χ0n) is 14.8. The van der Waals surface area contributed by atoms with Crippen LogP contribution >= 0.6 is 0 Å². The molecule has 3 nitrogen and oxygen atoms in total. The van der Waals surface area contributed by atoms with Crippen LogP contribution in [0.3, 0.4) is 0 Å². The SMILES string of the molecule is CC(O)CC(CNC1C2CCOC2C12CCCC2)c1ccccc1. The van der Waals surface area contributed by atoms with Gasteiger partial charge in [-0.2, -0.15) is 0 Å². The van der Waals surface area contributed by atoms with Crippen LogP contribution in [0.5, 0.6) is 0 Å². The Kier molecular flexibility index (Phi) is 4.68. The van der Waals surface area contributed by atoms with Crippen molar-refractivity contribution < 1.29 is 9.84 Å². The van der Waals surface area contributed by atoms with Gasteiger partial charge in [-0.25, -0.2) is 0 Å². The molecule has 0 amide bonds. The second-order valence-electron chi connectivity index (χ2n) is 8.26. The van der Waals surface area contributed by atoms with E-state index in [-0.39, 0.29) is 6.10 Å². The second-order valence-corrected chi connectivity index (χ2v) is 8.26. The van der Waals surface area contributed by atoms with E-state index in [1.54, 1.807) is 0 Å². The molecular weight excluding hydrogens is 298 g/mol. The molecule has 1 saturated heterocycles. The van der Waals surface area contributed by atoms with Gasteiger partial charge in [0.1, 0.15) is 0 Å². The van der Waals surface area contributed by atoms with E-state index in [1.165, 1.54) is 37.7 Å². The Morgan fingerprint density at radius 3 is 2.71 bits per heavy atom. The van der Waals surface area contributed by atoms with Crippen molar-refractivity contribution in [3.63, 3.8) is 0 Å². The molecule has 1 aromatic rings. The number of fused-ring (bicyclic) bond motifs is 2. The van der Waals surface area contributed by atoms with Crippen molar-refractivity contribution in [2.75, 3.05) is 13.2 Å². The fraction of sp³-hybridized carbons (Fsp3) is 0.714. The number of hydrogen-bond donors (Lipinski definition) is 2. The average molecular weight is 329 g/mol. The van der Waals surface area contributed by atoms with Crippen molar-refractivity contribution in [2.45, 2.75) is 69.6 Å². The summed E-state index contributed by atoms with van der Waals surface area (Å²) in [5, 5.41) is 13.9. The number of aliphatic hydroxyl groups excluding tert-OH is 1. The first-order chi connectivity index (χ1) is 11.7. The van der Waals surface area contributed by atoms with E-state index in [1.807, 2.05) is 6.92 Å². The predicted molar refractivity (Wildman–Crippen MR) is 96.0 cm³/mol. The third-order valence-corrected chi connectivity index (χ3v) is 6.77. The molecule has 1 aromatic carbocycles. The molecule has 2 N–H and O–H groups in total. The molecule has 0 bridgehead atoms. The summed E-state index contributed by atoms with van der Waals surface area (Å²) in [7, 11) is 0. The Labute approximate surface area is 145 Å². The van der Waals surface area contributed by atoms with Crippen LogP contribution in [0.15, 0.2) is 30.3 Å². The van der Waals surface area contributed by atoms with Crippen LogP contribution in [0, 0.1) is 11.3 Å². The predicted octanol–water partition coefficient (Wildman–Crippen LogP) is 3.48. The van der Waals surface area contributed by atoms with Gasteiger partial charge in [0.15, 0.2) is 0 Å². The monoisotopic (exact) mass is 329 g/mol. The smallest absolute Gasteiger partial charge is 0.0690 e. The molecule has 0 radical (unpaired) electrons. The van der Waals surface area contributed by atoms with Gasteiger partial charge in [0.25, 0.3) is 0 Å². The molecule has 1 aliphatic heterocycles. The lowest BCUT2D eigenvalue weighted by molar-refractivity contribution is -0.130. The van der Waals surface area contributed by atoms with E-state index in [4.69, 9.17) is 4.74 Å². The Bertz CT molecular complexity index is 538. The van der Waals surface area contributed by atoms with Crippen LogP contribution < -0.4 is 5.32 Å². The lowest BCUT2D eigenvalue weighted by Gasteiger charge is -2.57.